The molecule has 1 aromatic carbocycles. The summed E-state index contributed by atoms with van der Waals surface area (Å²) < 4.78 is 16.8. The zero-order valence-corrected chi connectivity index (χ0v) is 14.0. The zero-order valence-electron chi connectivity index (χ0n) is 14.0. The van der Waals surface area contributed by atoms with Crippen LogP contribution in [0.5, 0.6) is 11.5 Å². The minimum atomic E-state index is -0.183. The van der Waals surface area contributed by atoms with E-state index in [-0.39, 0.29) is 12.1 Å². The summed E-state index contributed by atoms with van der Waals surface area (Å²) in [5.41, 5.74) is 0. The van der Waals surface area contributed by atoms with Gasteiger partial charge in [-0.3, -0.25) is 4.90 Å². The summed E-state index contributed by atoms with van der Waals surface area (Å²) in [5.74, 6) is 1.47. The number of hydrogen-bond acceptors (Lipinski definition) is 5. The number of nitrogens with zero attached hydrogens (tertiary/aromatic N) is 1. The van der Waals surface area contributed by atoms with E-state index < -0.39 is 0 Å². The summed E-state index contributed by atoms with van der Waals surface area (Å²) in [6.45, 7) is 6.91. The highest BCUT2D eigenvalue weighted by atomic mass is 16.6. The number of ether oxygens (including phenoxy) is 3. The number of fused-ring (bicyclic) bond motifs is 1. The predicted molar refractivity (Wildman–Crippen MR) is 89.6 cm³/mol. The Morgan fingerprint density at radius 1 is 1.25 bits per heavy atom. The van der Waals surface area contributed by atoms with Gasteiger partial charge in [-0.1, -0.05) is 12.1 Å². The van der Waals surface area contributed by atoms with Gasteiger partial charge in [0.1, 0.15) is 6.61 Å². The summed E-state index contributed by atoms with van der Waals surface area (Å²) in [6, 6.07) is 7.66. The van der Waals surface area contributed by atoms with Crippen molar-refractivity contribution in [2.24, 2.45) is 0 Å². The van der Waals surface area contributed by atoms with Crippen molar-refractivity contribution in [2.45, 2.75) is 19.1 Å². The average Bonchev–Trinajstić information content (AvgIpc) is 2.65. The zero-order chi connectivity index (χ0) is 16.8. The number of amides is 2. The first-order chi connectivity index (χ1) is 11.7. The highest BCUT2D eigenvalue weighted by Gasteiger charge is 2.21. The van der Waals surface area contributed by atoms with Crippen LogP contribution in [0.25, 0.3) is 0 Å². The topological polar surface area (TPSA) is 72.1 Å². The molecule has 132 valence electrons. The molecule has 0 unspecified atom stereocenters. The smallest absolute Gasteiger partial charge is 0.314 e. The maximum absolute atomic E-state index is 12.0. The highest BCUT2D eigenvalue weighted by Crippen LogP contribution is 2.30. The Hall–Kier alpha value is -1.99. The number of carbonyl (C=O) groups is 1. The molecule has 0 spiro atoms. The monoisotopic (exact) mass is 335 g/mol. The fourth-order valence-corrected chi connectivity index (χ4v) is 2.82. The van der Waals surface area contributed by atoms with Crippen molar-refractivity contribution in [3.8, 4) is 11.5 Å². The van der Waals surface area contributed by atoms with E-state index in [0.717, 1.165) is 37.8 Å². The van der Waals surface area contributed by atoms with Crippen LogP contribution < -0.4 is 20.1 Å². The maximum Gasteiger partial charge on any atom is 0.314 e. The summed E-state index contributed by atoms with van der Waals surface area (Å²) >= 11 is 0. The lowest BCUT2D eigenvalue weighted by Crippen LogP contribution is -2.50. The Labute approximate surface area is 142 Å². The molecule has 2 heterocycles. The molecule has 7 nitrogen and oxygen atoms in total. The van der Waals surface area contributed by atoms with Gasteiger partial charge in [-0.15, -0.1) is 0 Å². The number of hydrogen-bond donors (Lipinski definition) is 2. The second-order valence-electron chi connectivity index (χ2n) is 6.09. The van der Waals surface area contributed by atoms with E-state index in [1.165, 1.54) is 0 Å². The average molecular weight is 335 g/mol. The fourth-order valence-electron chi connectivity index (χ4n) is 2.82. The van der Waals surface area contributed by atoms with E-state index in [2.05, 4.69) is 22.5 Å². The largest absolute Gasteiger partial charge is 0.486 e. The molecule has 2 amide bonds. The van der Waals surface area contributed by atoms with Crippen LogP contribution in [0, 0.1) is 0 Å². The third kappa shape index (κ3) is 4.52. The van der Waals surface area contributed by atoms with E-state index in [1.807, 2.05) is 24.3 Å². The normalized spacial score (nSPS) is 21.8. The molecule has 3 rings (SSSR count). The number of nitrogens with one attached hydrogen (secondary N) is 2. The van der Waals surface area contributed by atoms with Crippen LogP contribution in [0.2, 0.25) is 0 Å². The second kappa shape index (κ2) is 8.21. The SMILES string of the molecule is C[C@H](CNC(=O)NC[C@H]1COc2ccccc2O1)N1CCOCC1. The van der Waals surface area contributed by atoms with Crippen molar-refractivity contribution in [2.75, 3.05) is 46.0 Å². The molecule has 0 radical (unpaired) electrons. The number of morpholine rings is 1. The summed E-state index contributed by atoms with van der Waals surface area (Å²) in [6.07, 6.45) is -0.178. The number of carbonyl (C=O) groups excluding carboxylic acids is 1. The maximum atomic E-state index is 12.0. The number of benzene rings is 1. The Morgan fingerprint density at radius 2 is 2.00 bits per heavy atom. The highest BCUT2D eigenvalue weighted by molar-refractivity contribution is 5.73. The molecule has 24 heavy (non-hydrogen) atoms. The molecule has 0 aliphatic carbocycles. The third-order valence-electron chi connectivity index (χ3n) is 4.28. The number of rotatable bonds is 5. The van der Waals surface area contributed by atoms with Gasteiger partial charge < -0.3 is 24.8 Å². The lowest BCUT2D eigenvalue weighted by atomic mass is 10.2. The first-order valence-electron chi connectivity index (χ1n) is 8.44. The van der Waals surface area contributed by atoms with Gasteiger partial charge >= 0.3 is 6.03 Å². The molecule has 2 aliphatic rings. The van der Waals surface area contributed by atoms with Crippen LogP contribution in [0.1, 0.15) is 6.92 Å². The molecule has 1 fully saturated rings. The van der Waals surface area contributed by atoms with Gasteiger partial charge in [0.05, 0.1) is 19.8 Å². The minimum absolute atomic E-state index is 0.178. The number of para-hydroxylation sites is 2. The third-order valence-corrected chi connectivity index (χ3v) is 4.28. The minimum Gasteiger partial charge on any atom is -0.486 e. The molecule has 2 N–H and O–H groups in total. The molecule has 7 heteroatoms. The van der Waals surface area contributed by atoms with Crippen LogP contribution in [0.3, 0.4) is 0 Å². The molecule has 1 saturated heterocycles. The molecule has 1 aromatic rings. The van der Waals surface area contributed by atoms with E-state index in [9.17, 15) is 4.79 Å². The van der Waals surface area contributed by atoms with Crippen molar-refractivity contribution in [3.63, 3.8) is 0 Å². The first-order valence-corrected chi connectivity index (χ1v) is 8.44. The Kier molecular flexibility index (Phi) is 5.77. The van der Waals surface area contributed by atoms with E-state index in [4.69, 9.17) is 14.2 Å². The van der Waals surface area contributed by atoms with Crippen LogP contribution in [0.15, 0.2) is 24.3 Å². The lowest BCUT2D eigenvalue weighted by molar-refractivity contribution is 0.0208. The number of urea groups is 1. The van der Waals surface area contributed by atoms with Crippen molar-refractivity contribution in [3.05, 3.63) is 24.3 Å². The van der Waals surface area contributed by atoms with Gasteiger partial charge in [-0.2, -0.15) is 0 Å². The molecule has 0 saturated carbocycles. The van der Waals surface area contributed by atoms with Crippen LogP contribution in [0.4, 0.5) is 4.79 Å². The predicted octanol–water partition coefficient (Wildman–Crippen LogP) is 0.846. The van der Waals surface area contributed by atoms with Crippen LogP contribution >= 0.6 is 0 Å². The van der Waals surface area contributed by atoms with Gasteiger partial charge in [0.25, 0.3) is 0 Å². The Morgan fingerprint density at radius 3 is 2.79 bits per heavy atom. The molecule has 0 aromatic heterocycles. The Balaban J connectivity index is 1.35. The van der Waals surface area contributed by atoms with Crippen molar-refractivity contribution in [1.29, 1.82) is 0 Å². The molecular formula is C17H25N3O4. The fraction of sp³-hybridized carbons (Fsp3) is 0.588. The van der Waals surface area contributed by atoms with Crippen molar-refractivity contribution >= 4 is 6.03 Å². The quantitative estimate of drug-likeness (QED) is 0.835. The van der Waals surface area contributed by atoms with Crippen LogP contribution in [-0.4, -0.2) is 69.1 Å². The molecule has 0 bridgehead atoms. The summed E-state index contributed by atoms with van der Waals surface area (Å²) in [4.78, 5) is 14.3. The van der Waals surface area contributed by atoms with Crippen molar-refractivity contribution < 1.29 is 19.0 Å². The summed E-state index contributed by atoms with van der Waals surface area (Å²) in [7, 11) is 0. The van der Waals surface area contributed by atoms with Gasteiger partial charge in [-0.05, 0) is 19.1 Å². The van der Waals surface area contributed by atoms with Gasteiger partial charge in [0.15, 0.2) is 17.6 Å². The van der Waals surface area contributed by atoms with E-state index in [0.29, 0.717) is 25.7 Å². The second-order valence-corrected chi connectivity index (χ2v) is 6.09. The standard InChI is InChI=1S/C17H25N3O4/c1-13(20-6-8-22-9-7-20)10-18-17(21)19-11-14-12-23-15-4-2-3-5-16(15)24-14/h2-5,13-14H,6-12H2,1H3,(H2,18,19,21)/t13-,14+/m1/s1. The molecule has 2 atom stereocenters. The first kappa shape index (κ1) is 16.9. The van der Waals surface area contributed by atoms with Gasteiger partial charge in [-0.25, -0.2) is 4.79 Å². The van der Waals surface area contributed by atoms with E-state index >= 15 is 0 Å². The molecular weight excluding hydrogens is 310 g/mol. The van der Waals surface area contributed by atoms with Gasteiger partial charge in [0.2, 0.25) is 0 Å². The lowest BCUT2D eigenvalue weighted by Gasteiger charge is -2.32. The van der Waals surface area contributed by atoms with Gasteiger partial charge in [0, 0.05) is 25.7 Å². The van der Waals surface area contributed by atoms with Crippen LogP contribution in [-0.2, 0) is 4.74 Å². The van der Waals surface area contributed by atoms with E-state index in [1.54, 1.807) is 0 Å². The molecule has 2 aliphatic heterocycles. The summed E-state index contributed by atoms with van der Waals surface area (Å²) in [5, 5.41) is 5.75. The van der Waals surface area contributed by atoms with Crippen molar-refractivity contribution in [1.82, 2.24) is 15.5 Å². The Bertz CT molecular complexity index is 548.